The van der Waals surface area contributed by atoms with Crippen molar-refractivity contribution in [3.63, 3.8) is 0 Å². The van der Waals surface area contributed by atoms with Crippen molar-refractivity contribution in [2.45, 2.75) is 31.2 Å². The van der Waals surface area contributed by atoms with Crippen LogP contribution in [-0.2, 0) is 4.79 Å². The number of benzene rings is 1. The first-order valence-electron chi connectivity index (χ1n) is 6.57. The molecule has 1 N–H and O–H groups in total. The summed E-state index contributed by atoms with van der Waals surface area (Å²) in [5.41, 5.74) is 0.157. The monoisotopic (exact) mass is 375 g/mol. The Morgan fingerprint density at radius 2 is 2.24 bits per heavy atom. The molecule has 2 atom stereocenters. The lowest BCUT2D eigenvalue weighted by atomic mass is 10.1. The molecule has 0 saturated carbocycles. The second-order valence-electron chi connectivity index (χ2n) is 4.77. The van der Waals surface area contributed by atoms with Crippen LogP contribution in [0.2, 0.25) is 0 Å². The van der Waals surface area contributed by atoms with Gasteiger partial charge in [0.2, 0.25) is 0 Å². The predicted octanol–water partition coefficient (Wildman–Crippen LogP) is 3.36. The summed E-state index contributed by atoms with van der Waals surface area (Å²) in [5.74, 6) is -1.63. The molecule has 4 nitrogen and oxygen atoms in total. The zero-order chi connectivity index (χ0) is 15.6. The summed E-state index contributed by atoms with van der Waals surface area (Å²) in [6.07, 6.45) is 1.56. The van der Waals surface area contributed by atoms with Gasteiger partial charge in [0.15, 0.2) is 0 Å². The minimum Gasteiger partial charge on any atom is -0.480 e. The van der Waals surface area contributed by atoms with E-state index in [0.717, 1.165) is 12.5 Å². The molecule has 0 bridgehead atoms. The number of carbonyl (C=O) groups excluding carboxylic acids is 1. The molecule has 0 spiro atoms. The first kappa shape index (κ1) is 16.3. The van der Waals surface area contributed by atoms with Gasteiger partial charge in [-0.15, -0.1) is 11.8 Å². The number of halogens is 2. The highest BCUT2D eigenvalue weighted by atomic mass is 79.9. The van der Waals surface area contributed by atoms with E-state index in [1.54, 1.807) is 0 Å². The van der Waals surface area contributed by atoms with Crippen molar-refractivity contribution in [3.8, 4) is 0 Å². The summed E-state index contributed by atoms with van der Waals surface area (Å²) in [4.78, 5) is 25.4. The van der Waals surface area contributed by atoms with Crippen LogP contribution < -0.4 is 0 Å². The number of rotatable bonds is 4. The summed E-state index contributed by atoms with van der Waals surface area (Å²) < 4.78 is 13.8. The van der Waals surface area contributed by atoms with Gasteiger partial charge in [0.1, 0.15) is 11.9 Å². The van der Waals surface area contributed by atoms with Gasteiger partial charge in [0.05, 0.1) is 10.9 Å². The van der Waals surface area contributed by atoms with Crippen molar-refractivity contribution >= 4 is 39.6 Å². The number of carboxylic acid groups (broad SMARTS) is 1. The van der Waals surface area contributed by atoms with Crippen LogP contribution >= 0.6 is 27.7 Å². The summed E-state index contributed by atoms with van der Waals surface area (Å²) in [7, 11) is 0. The van der Waals surface area contributed by atoms with Crippen LogP contribution in [0.1, 0.15) is 30.1 Å². The number of hydrogen-bond donors (Lipinski definition) is 1. The lowest BCUT2D eigenvalue weighted by molar-refractivity contribution is -0.141. The van der Waals surface area contributed by atoms with Gasteiger partial charge in [0, 0.05) is 10.2 Å². The molecule has 1 amide bonds. The molecule has 114 valence electrons. The van der Waals surface area contributed by atoms with E-state index in [1.165, 1.54) is 28.8 Å². The van der Waals surface area contributed by atoms with Crippen LogP contribution in [0.3, 0.4) is 0 Å². The van der Waals surface area contributed by atoms with E-state index < -0.39 is 23.7 Å². The molecule has 7 heteroatoms. The Bertz CT molecular complexity index is 569. The fourth-order valence-electron chi connectivity index (χ4n) is 2.30. The summed E-state index contributed by atoms with van der Waals surface area (Å²) >= 11 is 4.69. The zero-order valence-electron chi connectivity index (χ0n) is 11.4. The topological polar surface area (TPSA) is 57.6 Å². The number of aliphatic carboxylic acids is 1. The average Bonchev–Trinajstić information content (AvgIpc) is 2.85. The van der Waals surface area contributed by atoms with E-state index in [9.17, 15) is 19.1 Å². The number of carboxylic acids is 1. The summed E-state index contributed by atoms with van der Waals surface area (Å²) in [5, 5.41) is 9.11. The maximum atomic E-state index is 13.4. The number of nitrogens with zero attached hydrogens (tertiary/aromatic N) is 1. The standard InChI is InChI=1S/C14H15BrFNO3S/c1-2-3-12-17(11(7-21-12)14(19)20)13(18)9-6-8(16)4-5-10(9)15/h4-6,11-12H,2-3,7H2,1H3,(H,19,20). The van der Waals surface area contributed by atoms with Crippen molar-refractivity contribution < 1.29 is 19.1 Å². The van der Waals surface area contributed by atoms with Crippen molar-refractivity contribution in [1.82, 2.24) is 4.90 Å². The highest BCUT2D eigenvalue weighted by molar-refractivity contribution is 9.10. The highest BCUT2D eigenvalue weighted by Gasteiger charge is 2.41. The Labute approximate surface area is 134 Å². The fraction of sp³-hybridized carbons (Fsp3) is 0.429. The molecule has 21 heavy (non-hydrogen) atoms. The minimum absolute atomic E-state index is 0.157. The predicted molar refractivity (Wildman–Crippen MR) is 82.8 cm³/mol. The number of amides is 1. The van der Waals surface area contributed by atoms with Gasteiger partial charge in [0.25, 0.3) is 5.91 Å². The molecular weight excluding hydrogens is 361 g/mol. The van der Waals surface area contributed by atoms with Crippen LogP contribution in [0.25, 0.3) is 0 Å². The molecule has 1 fully saturated rings. The third kappa shape index (κ3) is 3.40. The Morgan fingerprint density at radius 3 is 2.86 bits per heavy atom. The molecule has 1 saturated heterocycles. The molecule has 0 radical (unpaired) electrons. The van der Waals surface area contributed by atoms with Gasteiger partial charge in [-0.3, -0.25) is 4.79 Å². The molecule has 1 aliphatic rings. The number of thioether (sulfide) groups is 1. The van der Waals surface area contributed by atoms with Crippen molar-refractivity contribution in [3.05, 3.63) is 34.1 Å². The zero-order valence-corrected chi connectivity index (χ0v) is 13.8. The van der Waals surface area contributed by atoms with Crippen molar-refractivity contribution in [2.24, 2.45) is 0 Å². The van der Waals surface area contributed by atoms with Crippen LogP contribution in [0.4, 0.5) is 4.39 Å². The first-order chi connectivity index (χ1) is 9.95. The second-order valence-corrected chi connectivity index (χ2v) is 6.83. The Morgan fingerprint density at radius 1 is 1.52 bits per heavy atom. The average molecular weight is 376 g/mol. The highest BCUT2D eigenvalue weighted by Crippen LogP contribution is 2.34. The van der Waals surface area contributed by atoms with E-state index in [-0.39, 0.29) is 10.9 Å². The lowest BCUT2D eigenvalue weighted by Crippen LogP contribution is -2.45. The number of hydrogen-bond acceptors (Lipinski definition) is 3. The van der Waals surface area contributed by atoms with Crippen molar-refractivity contribution in [1.29, 1.82) is 0 Å². The van der Waals surface area contributed by atoms with E-state index in [2.05, 4.69) is 15.9 Å². The summed E-state index contributed by atoms with van der Waals surface area (Å²) in [6.45, 7) is 1.98. The Balaban J connectivity index is 2.36. The van der Waals surface area contributed by atoms with Gasteiger partial charge >= 0.3 is 5.97 Å². The largest absolute Gasteiger partial charge is 0.480 e. The molecule has 1 heterocycles. The van der Waals surface area contributed by atoms with Gasteiger partial charge in [-0.25, -0.2) is 9.18 Å². The first-order valence-corrected chi connectivity index (χ1v) is 8.42. The van der Waals surface area contributed by atoms with Gasteiger partial charge in [-0.2, -0.15) is 0 Å². The second kappa shape index (κ2) is 6.79. The SMILES string of the molecule is CCCC1SCC(C(=O)O)N1C(=O)c1cc(F)ccc1Br. The van der Waals surface area contributed by atoms with Gasteiger partial charge < -0.3 is 10.0 Å². The van der Waals surface area contributed by atoms with Crippen LogP contribution in [0.15, 0.2) is 22.7 Å². The maximum absolute atomic E-state index is 13.4. The molecule has 1 aromatic carbocycles. The summed E-state index contributed by atoms with van der Waals surface area (Å²) in [6, 6.07) is 2.97. The third-order valence-electron chi connectivity index (χ3n) is 3.31. The Hall–Kier alpha value is -1.08. The molecule has 2 rings (SSSR count). The number of carbonyl (C=O) groups is 2. The normalized spacial score (nSPS) is 21.6. The van der Waals surface area contributed by atoms with E-state index in [1.807, 2.05) is 6.92 Å². The molecule has 1 aliphatic heterocycles. The Kier molecular flexibility index (Phi) is 5.27. The van der Waals surface area contributed by atoms with Crippen LogP contribution in [0, 0.1) is 5.82 Å². The lowest BCUT2D eigenvalue weighted by Gasteiger charge is -2.27. The van der Waals surface area contributed by atoms with Gasteiger partial charge in [-0.1, -0.05) is 13.3 Å². The van der Waals surface area contributed by atoms with Crippen LogP contribution in [-0.4, -0.2) is 39.1 Å². The van der Waals surface area contributed by atoms with E-state index in [4.69, 9.17) is 0 Å². The molecule has 0 aliphatic carbocycles. The molecule has 2 unspecified atom stereocenters. The quantitative estimate of drug-likeness (QED) is 0.876. The van der Waals surface area contributed by atoms with Crippen molar-refractivity contribution in [2.75, 3.05) is 5.75 Å². The van der Waals surface area contributed by atoms with Crippen LogP contribution in [0.5, 0.6) is 0 Å². The maximum Gasteiger partial charge on any atom is 0.327 e. The van der Waals surface area contributed by atoms with E-state index >= 15 is 0 Å². The smallest absolute Gasteiger partial charge is 0.327 e. The van der Waals surface area contributed by atoms with Gasteiger partial charge in [-0.05, 0) is 40.5 Å². The molecule has 0 aromatic heterocycles. The molecular formula is C14H15BrFNO3S. The molecule has 1 aromatic rings. The van der Waals surface area contributed by atoms with E-state index in [0.29, 0.717) is 16.6 Å². The minimum atomic E-state index is -1.03. The fourth-order valence-corrected chi connectivity index (χ4v) is 4.23. The third-order valence-corrected chi connectivity index (χ3v) is 5.35.